The highest BCUT2D eigenvalue weighted by atomic mass is 35.5. The van der Waals surface area contributed by atoms with Crippen molar-refractivity contribution in [3.05, 3.63) is 46.2 Å². The van der Waals surface area contributed by atoms with Crippen LogP contribution in [-0.2, 0) is 0 Å². The van der Waals surface area contributed by atoms with Gasteiger partial charge < -0.3 is 10.6 Å². The van der Waals surface area contributed by atoms with Crippen molar-refractivity contribution in [1.82, 2.24) is 14.7 Å². The number of piperidine rings is 1. The Kier molecular flexibility index (Phi) is 5.92. The fraction of sp³-hybridized carbons (Fsp3) is 0.333. The van der Waals surface area contributed by atoms with Crippen LogP contribution in [0.4, 0.5) is 0 Å². The van der Waals surface area contributed by atoms with Gasteiger partial charge in [-0.1, -0.05) is 23.2 Å². The summed E-state index contributed by atoms with van der Waals surface area (Å²) in [5, 5.41) is 5.27. The normalized spacial score (nSPS) is 15.3. The van der Waals surface area contributed by atoms with Crippen molar-refractivity contribution in [2.75, 3.05) is 13.1 Å². The Labute approximate surface area is 150 Å². The van der Waals surface area contributed by atoms with Crippen molar-refractivity contribution >= 4 is 41.5 Å². The van der Waals surface area contributed by atoms with Gasteiger partial charge in [0, 0.05) is 25.3 Å². The highest BCUT2D eigenvalue weighted by molar-refractivity contribution is 6.42. The molecular formula is C15H17Cl3N4O. The molecule has 124 valence electrons. The Morgan fingerprint density at radius 3 is 2.52 bits per heavy atom. The molecule has 3 rings (SSSR count). The molecule has 1 aromatic heterocycles. The van der Waals surface area contributed by atoms with E-state index in [2.05, 4.69) is 5.10 Å². The van der Waals surface area contributed by atoms with Crippen molar-refractivity contribution in [2.24, 2.45) is 5.73 Å². The van der Waals surface area contributed by atoms with E-state index < -0.39 is 0 Å². The Morgan fingerprint density at radius 1 is 1.17 bits per heavy atom. The van der Waals surface area contributed by atoms with E-state index in [1.54, 1.807) is 40.0 Å². The Hall–Kier alpha value is -1.27. The lowest BCUT2D eigenvalue weighted by molar-refractivity contribution is 0.0708. The van der Waals surface area contributed by atoms with Gasteiger partial charge in [0.05, 0.1) is 15.7 Å². The second-order valence-corrected chi connectivity index (χ2v) is 6.19. The summed E-state index contributed by atoms with van der Waals surface area (Å²) in [6, 6.07) is 7.12. The Balaban J connectivity index is 0.00000192. The standard InChI is InChI=1S/C15H16Cl2N4O.ClH/c16-12-2-1-11(9-13(12)17)21-8-5-14(19-21)15(22)20-6-3-10(18)4-7-20;/h1-2,5,8-10H,3-4,6-7,18H2;1H. The topological polar surface area (TPSA) is 64.2 Å². The minimum absolute atomic E-state index is 0. The number of rotatable bonds is 2. The van der Waals surface area contributed by atoms with E-state index in [1.165, 1.54) is 0 Å². The van der Waals surface area contributed by atoms with Crippen LogP contribution in [0.3, 0.4) is 0 Å². The molecule has 1 aromatic carbocycles. The van der Waals surface area contributed by atoms with E-state index >= 15 is 0 Å². The predicted molar refractivity (Wildman–Crippen MR) is 93.9 cm³/mol. The van der Waals surface area contributed by atoms with Crippen LogP contribution >= 0.6 is 35.6 Å². The third-order valence-electron chi connectivity index (χ3n) is 3.80. The summed E-state index contributed by atoms with van der Waals surface area (Å²) in [6.07, 6.45) is 3.40. The van der Waals surface area contributed by atoms with Crippen molar-refractivity contribution in [2.45, 2.75) is 18.9 Å². The highest BCUT2D eigenvalue weighted by Crippen LogP contribution is 2.24. The lowest BCUT2D eigenvalue weighted by Gasteiger charge is -2.29. The lowest BCUT2D eigenvalue weighted by atomic mass is 10.1. The van der Waals surface area contributed by atoms with E-state index in [9.17, 15) is 4.79 Å². The molecule has 0 aliphatic carbocycles. The number of likely N-dealkylation sites (tertiary alicyclic amines) is 1. The molecular weight excluding hydrogens is 359 g/mol. The smallest absolute Gasteiger partial charge is 0.274 e. The second-order valence-electron chi connectivity index (χ2n) is 5.37. The Morgan fingerprint density at radius 2 is 1.87 bits per heavy atom. The molecule has 2 heterocycles. The van der Waals surface area contributed by atoms with Gasteiger partial charge in [0.2, 0.25) is 0 Å². The summed E-state index contributed by atoms with van der Waals surface area (Å²) in [5.41, 5.74) is 7.04. The van der Waals surface area contributed by atoms with Gasteiger partial charge in [-0.05, 0) is 37.1 Å². The number of carbonyl (C=O) groups excluding carboxylic acids is 1. The fourth-order valence-corrected chi connectivity index (χ4v) is 2.77. The van der Waals surface area contributed by atoms with E-state index in [4.69, 9.17) is 28.9 Å². The van der Waals surface area contributed by atoms with Gasteiger partial charge in [-0.15, -0.1) is 12.4 Å². The Bertz CT molecular complexity index is 696. The number of hydrogen-bond acceptors (Lipinski definition) is 3. The molecule has 0 unspecified atom stereocenters. The number of amides is 1. The van der Waals surface area contributed by atoms with Crippen molar-refractivity contribution < 1.29 is 4.79 Å². The number of benzene rings is 1. The van der Waals surface area contributed by atoms with E-state index in [1.807, 2.05) is 0 Å². The third-order valence-corrected chi connectivity index (χ3v) is 4.54. The predicted octanol–water partition coefficient (Wildman–Crippen LogP) is 3.16. The molecule has 1 fully saturated rings. The summed E-state index contributed by atoms with van der Waals surface area (Å²) in [4.78, 5) is 14.2. The van der Waals surface area contributed by atoms with Crippen LogP contribution in [0.25, 0.3) is 5.69 Å². The average Bonchev–Trinajstić information content (AvgIpc) is 3.00. The number of halogens is 3. The largest absolute Gasteiger partial charge is 0.337 e. The zero-order chi connectivity index (χ0) is 15.7. The van der Waals surface area contributed by atoms with Crippen LogP contribution in [0, 0.1) is 0 Å². The zero-order valence-electron chi connectivity index (χ0n) is 12.3. The quantitative estimate of drug-likeness (QED) is 0.877. The molecule has 0 atom stereocenters. The fourth-order valence-electron chi connectivity index (χ4n) is 2.47. The third kappa shape index (κ3) is 3.98. The molecule has 1 aliphatic heterocycles. The number of hydrogen-bond donors (Lipinski definition) is 1. The number of nitrogens with two attached hydrogens (primary N) is 1. The van der Waals surface area contributed by atoms with Crippen LogP contribution in [0.2, 0.25) is 10.0 Å². The minimum Gasteiger partial charge on any atom is -0.337 e. The number of carbonyl (C=O) groups is 1. The number of nitrogens with zero attached hydrogens (tertiary/aromatic N) is 3. The molecule has 0 spiro atoms. The molecule has 1 amide bonds. The first-order chi connectivity index (χ1) is 10.5. The van der Waals surface area contributed by atoms with Crippen LogP contribution in [0.1, 0.15) is 23.3 Å². The van der Waals surface area contributed by atoms with Crippen molar-refractivity contribution in [3.8, 4) is 5.69 Å². The maximum atomic E-state index is 12.4. The van der Waals surface area contributed by atoms with Gasteiger partial charge in [-0.3, -0.25) is 4.79 Å². The van der Waals surface area contributed by atoms with Gasteiger partial charge in [0.1, 0.15) is 0 Å². The summed E-state index contributed by atoms with van der Waals surface area (Å²) < 4.78 is 1.62. The molecule has 0 bridgehead atoms. The monoisotopic (exact) mass is 374 g/mol. The summed E-state index contributed by atoms with van der Waals surface area (Å²) in [5.74, 6) is -0.0642. The minimum atomic E-state index is -0.0642. The van der Waals surface area contributed by atoms with Crippen LogP contribution in [0.5, 0.6) is 0 Å². The van der Waals surface area contributed by atoms with Crippen molar-refractivity contribution in [3.63, 3.8) is 0 Å². The average molecular weight is 376 g/mol. The van der Waals surface area contributed by atoms with E-state index in [0.29, 0.717) is 28.8 Å². The zero-order valence-corrected chi connectivity index (χ0v) is 14.6. The van der Waals surface area contributed by atoms with Gasteiger partial charge in [0.15, 0.2) is 5.69 Å². The first-order valence-corrected chi connectivity index (χ1v) is 7.86. The lowest BCUT2D eigenvalue weighted by Crippen LogP contribution is -2.43. The van der Waals surface area contributed by atoms with Crippen LogP contribution in [0.15, 0.2) is 30.5 Å². The van der Waals surface area contributed by atoms with E-state index in [-0.39, 0.29) is 24.4 Å². The molecule has 1 saturated heterocycles. The first kappa shape index (κ1) is 18.1. The van der Waals surface area contributed by atoms with Crippen LogP contribution < -0.4 is 5.73 Å². The summed E-state index contributed by atoms with van der Waals surface area (Å²) >= 11 is 11.9. The molecule has 8 heteroatoms. The molecule has 1 aliphatic rings. The highest BCUT2D eigenvalue weighted by Gasteiger charge is 2.23. The van der Waals surface area contributed by atoms with Gasteiger partial charge >= 0.3 is 0 Å². The summed E-state index contributed by atoms with van der Waals surface area (Å²) in [7, 11) is 0. The number of aromatic nitrogens is 2. The van der Waals surface area contributed by atoms with E-state index in [0.717, 1.165) is 18.5 Å². The van der Waals surface area contributed by atoms with Crippen molar-refractivity contribution in [1.29, 1.82) is 0 Å². The summed E-state index contributed by atoms with van der Waals surface area (Å²) in [6.45, 7) is 1.36. The molecule has 0 radical (unpaired) electrons. The molecule has 0 saturated carbocycles. The van der Waals surface area contributed by atoms with Gasteiger partial charge in [-0.2, -0.15) is 5.10 Å². The maximum Gasteiger partial charge on any atom is 0.274 e. The molecule has 2 aromatic rings. The molecule has 23 heavy (non-hydrogen) atoms. The van der Waals surface area contributed by atoms with Gasteiger partial charge in [0.25, 0.3) is 5.91 Å². The molecule has 5 nitrogen and oxygen atoms in total. The van der Waals surface area contributed by atoms with Crippen LogP contribution in [-0.4, -0.2) is 39.7 Å². The SMILES string of the molecule is Cl.NC1CCN(C(=O)c2ccn(-c3ccc(Cl)c(Cl)c3)n2)CC1. The van der Waals surface area contributed by atoms with Gasteiger partial charge in [-0.25, -0.2) is 4.68 Å². The first-order valence-electron chi connectivity index (χ1n) is 7.10. The molecule has 2 N–H and O–H groups in total. The maximum absolute atomic E-state index is 12.4. The second kappa shape index (κ2) is 7.53.